The summed E-state index contributed by atoms with van der Waals surface area (Å²) in [6.07, 6.45) is 1.42. The SMILES string of the molecule is NC(=NCc1ncc(C(F)(F)F)cn1)Nc1cccc2c1CCCC2. The largest absolute Gasteiger partial charge is 0.419 e. The van der Waals surface area contributed by atoms with Gasteiger partial charge in [0.05, 0.1) is 5.56 Å². The molecule has 0 spiro atoms. The molecule has 0 saturated carbocycles. The lowest BCUT2D eigenvalue weighted by molar-refractivity contribution is -0.138. The number of anilines is 1. The van der Waals surface area contributed by atoms with Gasteiger partial charge < -0.3 is 11.1 Å². The number of aromatic nitrogens is 2. The first-order valence-electron chi connectivity index (χ1n) is 7.99. The van der Waals surface area contributed by atoms with Crippen LogP contribution in [0.5, 0.6) is 0 Å². The molecule has 1 heterocycles. The van der Waals surface area contributed by atoms with E-state index >= 15 is 0 Å². The summed E-state index contributed by atoms with van der Waals surface area (Å²) < 4.78 is 37.4. The highest BCUT2D eigenvalue weighted by Gasteiger charge is 2.31. The molecular weight excluding hydrogens is 331 g/mol. The number of hydrogen-bond acceptors (Lipinski definition) is 3. The first-order chi connectivity index (χ1) is 11.9. The standard InChI is InChI=1S/C17H18F3N5/c18-17(19,20)12-8-22-15(23-9-12)10-24-16(21)25-14-7-3-5-11-4-1-2-6-13(11)14/h3,5,7-9H,1-2,4,6,10H2,(H3,21,24,25). The monoisotopic (exact) mass is 349 g/mol. The van der Waals surface area contributed by atoms with Crippen molar-refractivity contribution in [3.8, 4) is 0 Å². The maximum atomic E-state index is 12.5. The summed E-state index contributed by atoms with van der Waals surface area (Å²) in [6, 6.07) is 6.03. The number of nitrogens with zero attached hydrogens (tertiary/aromatic N) is 3. The molecule has 1 aromatic carbocycles. The van der Waals surface area contributed by atoms with Gasteiger partial charge in [-0.1, -0.05) is 12.1 Å². The zero-order valence-electron chi connectivity index (χ0n) is 13.5. The Morgan fingerprint density at radius 1 is 1.16 bits per heavy atom. The van der Waals surface area contributed by atoms with Crippen LogP contribution in [0.15, 0.2) is 35.6 Å². The zero-order valence-corrected chi connectivity index (χ0v) is 13.5. The predicted molar refractivity (Wildman–Crippen MR) is 89.1 cm³/mol. The number of nitrogens with two attached hydrogens (primary N) is 1. The van der Waals surface area contributed by atoms with E-state index in [1.807, 2.05) is 12.1 Å². The number of aryl methyl sites for hydroxylation is 1. The highest BCUT2D eigenvalue weighted by molar-refractivity contribution is 5.93. The third-order valence-corrected chi connectivity index (χ3v) is 4.08. The first kappa shape index (κ1) is 17.2. The summed E-state index contributed by atoms with van der Waals surface area (Å²) in [7, 11) is 0. The summed E-state index contributed by atoms with van der Waals surface area (Å²) in [6.45, 7) is 0.00595. The van der Waals surface area contributed by atoms with Crippen LogP contribution < -0.4 is 11.1 Å². The van der Waals surface area contributed by atoms with Gasteiger partial charge in [0.15, 0.2) is 5.96 Å². The van der Waals surface area contributed by atoms with Crippen molar-refractivity contribution in [2.24, 2.45) is 10.7 Å². The number of hydrogen-bond donors (Lipinski definition) is 2. The Bertz CT molecular complexity index is 769. The van der Waals surface area contributed by atoms with Crippen molar-refractivity contribution in [1.82, 2.24) is 9.97 Å². The number of fused-ring (bicyclic) bond motifs is 1. The molecule has 1 aromatic heterocycles. The minimum atomic E-state index is -4.45. The fraction of sp³-hybridized carbons (Fsp3) is 0.353. The van der Waals surface area contributed by atoms with Gasteiger partial charge in [0.2, 0.25) is 0 Å². The van der Waals surface area contributed by atoms with E-state index in [4.69, 9.17) is 5.73 Å². The Labute approximate surface area is 143 Å². The fourth-order valence-electron chi connectivity index (χ4n) is 2.81. The Hall–Kier alpha value is -2.64. The quantitative estimate of drug-likeness (QED) is 0.658. The Morgan fingerprint density at radius 2 is 1.88 bits per heavy atom. The van der Waals surface area contributed by atoms with Gasteiger partial charge in [0, 0.05) is 18.1 Å². The van der Waals surface area contributed by atoms with Gasteiger partial charge >= 0.3 is 6.18 Å². The van der Waals surface area contributed by atoms with E-state index in [0.717, 1.165) is 37.3 Å². The van der Waals surface area contributed by atoms with Gasteiger partial charge in [-0.2, -0.15) is 13.2 Å². The fourth-order valence-corrected chi connectivity index (χ4v) is 2.81. The van der Waals surface area contributed by atoms with Crippen molar-refractivity contribution in [3.05, 3.63) is 53.1 Å². The minimum absolute atomic E-state index is 0.00595. The second-order valence-corrected chi connectivity index (χ2v) is 5.86. The number of halogens is 3. The lowest BCUT2D eigenvalue weighted by Gasteiger charge is -2.19. The van der Waals surface area contributed by atoms with E-state index in [9.17, 15) is 13.2 Å². The van der Waals surface area contributed by atoms with Crippen molar-refractivity contribution in [2.45, 2.75) is 38.4 Å². The molecule has 25 heavy (non-hydrogen) atoms. The maximum Gasteiger partial charge on any atom is 0.419 e. The second-order valence-electron chi connectivity index (χ2n) is 5.86. The van der Waals surface area contributed by atoms with Gasteiger partial charge in [0.1, 0.15) is 12.4 Å². The highest BCUT2D eigenvalue weighted by atomic mass is 19.4. The summed E-state index contributed by atoms with van der Waals surface area (Å²) in [5.41, 5.74) is 8.49. The van der Waals surface area contributed by atoms with E-state index in [0.29, 0.717) is 0 Å². The molecule has 5 nitrogen and oxygen atoms in total. The summed E-state index contributed by atoms with van der Waals surface area (Å²) in [4.78, 5) is 11.5. The highest BCUT2D eigenvalue weighted by Crippen LogP contribution is 2.28. The Morgan fingerprint density at radius 3 is 2.60 bits per heavy atom. The van der Waals surface area contributed by atoms with Crippen LogP contribution in [0, 0.1) is 0 Å². The topological polar surface area (TPSA) is 76.2 Å². The van der Waals surface area contributed by atoms with Gasteiger partial charge in [-0.15, -0.1) is 0 Å². The van der Waals surface area contributed by atoms with Crippen molar-refractivity contribution >= 4 is 11.6 Å². The third kappa shape index (κ3) is 4.26. The van der Waals surface area contributed by atoms with E-state index in [1.54, 1.807) is 0 Å². The van der Waals surface area contributed by atoms with Crippen LogP contribution in [-0.2, 0) is 25.6 Å². The summed E-state index contributed by atoms with van der Waals surface area (Å²) in [5, 5.41) is 3.07. The smallest absolute Gasteiger partial charge is 0.370 e. The molecule has 0 amide bonds. The normalized spacial score (nSPS) is 14.9. The molecule has 3 N–H and O–H groups in total. The van der Waals surface area contributed by atoms with E-state index < -0.39 is 11.7 Å². The van der Waals surface area contributed by atoms with Crippen LogP contribution in [0.1, 0.15) is 35.4 Å². The lowest BCUT2D eigenvalue weighted by atomic mass is 9.90. The Balaban J connectivity index is 1.67. The number of aliphatic imine (C=N–C) groups is 1. The van der Waals surface area contributed by atoms with Crippen molar-refractivity contribution in [1.29, 1.82) is 0 Å². The number of nitrogens with one attached hydrogen (secondary N) is 1. The van der Waals surface area contributed by atoms with Crippen molar-refractivity contribution in [2.75, 3.05) is 5.32 Å². The zero-order chi connectivity index (χ0) is 17.9. The second kappa shape index (κ2) is 7.08. The van der Waals surface area contributed by atoms with Crippen molar-refractivity contribution in [3.63, 3.8) is 0 Å². The molecule has 2 aromatic rings. The molecule has 132 valence electrons. The summed E-state index contributed by atoms with van der Waals surface area (Å²) >= 11 is 0. The average molecular weight is 349 g/mol. The van der Waals surface area contributed by atoms with Crippen LogP contribution >= 0.6 is 0 Å². The number of rotatable bonds is 3. The first-order valence-corrected chi connectivity index (χ1v) is 7.99. The molecule has 0 atom stereocenters. The molecule has 1 aliphatic rings. The molecular formula is C17H18F3N5. The molecule has 0 aliphatic heterocycles. The average Bonchev–Trinajstić information content (AvgIpc) is 2.60. The minimum Gasteiger partial charge on any atom is -0.370 e. The molecule has 0 fully saturated rings. The van der Waals surface area contributed by atoms with Crippen molar-refractivity contribution < 1.29 is 13.2 Å². The molecule has 1 aliphatic carbocycles. The van der Waals surface area contributed by atoms with Crippen LogP contribution in [0.2, 0.25) is 0 Å². The van der Waals surface area contributed by atoms with Gasteiger partial charge in [-0.3, -0.25) is 0 Å². The van der Waals surface area contributed by atoms with E-state index in [-0.39, 0.29) is 18.3 Å². The molecule has 0 radical (unpaired) electrons. The molecule has 8 heteroatoms. The van der Waals surface area contributed by atoms with E-state index in [1.165, 1.54) is 17.5 Å². The maximum absolute atomic E-state index is 12.5. The third-order valence-electron chi connectivity index (χ3n) is 4.08. The van der Waals surface area contributed by atoms with Gasteiger partial charge in [0.25, 0.3) is 0 Å². The molecule has 0 unspecified atom stereocenters. The molecule has 0 saturated heterocycles. The Kier molecular flexibility index (Phi) is 4.87. The molecule has 0 bridgehead atoms. The van der Waals surface area contributed by atoms with Crippen LogP contribution in [0.25, 0.3) is 0 Å². The van der Waals surface area contributed by atoms with Gasteiger partial charge in [-0.25, -0.2) is 15.0 Å². The predicted octanol–water partition coefficient (Wildman–Crippen LogP) is 3.30. The number of benzene rings is 1. The number of guanidine groups is 1. The van der Waals surface area contributed by atoms with Gasteiger partial charge in [-0.05, 0) is 42.9 Å². The van der Waals surface area contributed by atoms with E-state index in [2.05, 4.69) is 26.3 Å². The summed E-state index contributed by atoms with van der Waals surface area (Å²) in [5.74, 6) is 0.357. The lowest BCUT2D eigenvalue weighted by Crippen LogP contribution is -2.24. The molecule has 3 rings (SSSR count). The number of alkyl halides is 3. The van der Waals surface area contributed by atoms with Crippen LogP contribution in [-0.4, -0.2) is 15.9 Å². The van der Waals surface area contributed by atoms with Crippen LogP contribution in [0.3, 0.4) is 0 Å². The van der Waals surface area contributed by atoms with Crippen LogP contribution in [0.4, 0.5) is 18.9 Å².